The number of nitrogens with zero attached hydrogens (tertiary/aromatic N) is 2. The number of anilines is 1. The lowest BCUT2D eigenvalue weighted by Crippen LogP contribution is -2.30. The van der Waals surface area contributed by atoms with Gasteiger partial charge in [-0.05, 0) is 103 Å². The first-order chi connectivity index (χ1) is 19.6. The molecule has 40 heavy (non-hydrogen) atoms. The number of nitrogens with one attached hydrogen (secondary N) is 4. The van der Waals surface area contributed by atoms with Crippen molar-refractivity contribution in [2.24, 2.45) is 5.92 Å². The van der Waals surface area contributed by atoms with E-state index >= 15 is 0 Å². The molecule has 1 saturated heterocycles. The summed E-state index contributed by atoms with van der Waals surface area (Å²) >= 11 is 0. The fourth-order valence-corrected chi connectivity index (χ4v) is 5.80. The standard InChI is InChI=1S/C32H30N6O2/c1-19-12-23(15-24(13-19)35-30(39)14-20-4-8-33-9-5-20)21-2-3-28-27(16-21)31(38-37-28)29-17-26-25(22-7-11-40-18-22)6-10-34-32(26)36-29/h2-3,6-7,10-13,15-18,20,33H,4-5,8-9,14H2,1H3,(H,34,36)(H,35,39)(H,37,38). The molecular formula is C32H30N6O2. The predicted octanol–water partition coefficient (Wildman–Crippen LogP) is 6.67. The van der Waals surface area contributed by atoms with Crippen molar-refractivity contribution >= 4 is 33.5 Å². The number of amides is 1. The van der Waals surface area contributed by atoms with E-state index in [1.165, 1.54) is 0 Å². The first-order valence-corrected chi connectivity index (χ1v) is 13.7. The maximum Gasteiger partial charge on any atom is 0.224 e. The zero-order valence-electron chi connectivity index (χ0n) is 22.3. The van der Waals surface area contributed by atoms with E-state index in [0.717, 1.165) is 92.8 Å². The number of furan rings is 1. The SMILES string of the molecule is Cc1cc(NC(=O)CC2CCNCC2)cc(-c2ccc3[nH]nc(-c4cc5c(-c6ccoc6)ccnc5[nH]4)c3c2)c1. The molecule has 1 aliphatic rings. The van der Waals surface area contributed by atoms with Gasteiger partial charge in [-0.2, -0.15) is 5.10 Å². The lowest BCUT2D eigenvalue weighted by Gasteiger charge is -2.22. The number of fused-ring (bicyclic) bond motifs is 2. The van der Waals surface area contributed by atoms with Crippen LogP contribution in [0.25, 0.3) is 55.6 Å². The number of piperidine rings is 1. The summed E-state index contributed by atoms with van der Waals surface area (Å²) in [6.45, 7) is 4.04. The zero-order chi connectivity index (χ0) is 27.1. The van der Waals surface area contributed by atoms with E-state index < -0.39 is 0 Å². The molecule has 8 heteroatoms. The molecule has 0 aliphatic carbocycles. The van der Waals surface area contributed by atoms with Crippen LogP contribution in [0.2, 0.25) is 0 Å². The first kappa shape index (κ1) is 24.4. The Morgan fingerprint density at radius 2 is 1.90 bits per heavy atom. The molecule has 0 unspecified atom stereocenters. The minimum atomic E-state index is 0.0817. The number of hydrogen-bond donors (Lipinski definition) is 4. The van der Waals surface area contributed by atoms with Crippen LogP contribution in [-0.4, -0.2) is 39.2 Å². The fourth-order valence-electron chi connectivity index (χ4n) is 5.80. The van der Waals surface area contributed by atoms with E-state index in [0.29, 0.717) is 12.3 Å². The van der Waals surface area contributed by atoms with Gasteiger partial charge in [0.1, 0.15) is 11.3 Å². The van der Waals surface area contributed by atoms with Gasteiger partial charge in [0, 0.05) is 34.6 Å². The van der Waals surface area contributed by atoms with Crippen molar-refractivity contribution < 1.29 is 9.21 Å². The van der Waals surface area contributed by atoms with Crippen molar-refractivity contribution in [3.05, 3.63) is 78.9 Å². The van der Waals surface area contributed by atoms with Crippen LogP contribution in [0.3, 0.4) is 0 Å². The predicted molar refractivity (Wildman–Crippen MR) is 158 cm³/mol. The minimum absolute atomic E-state index is 0.0817. The van der Waals surface area contributed by atoms with E-state index in [1.807, 2.05) is 18.2 Å². The number of aryl methyl sites for hydroxylation is 1. The molecule has 5 heterocycles. The Bertz CT molecular complexity index is 1830. The van der Waals surface area contributed by atoms with Gasteiger partial charge in [0.05, 0.1) is 23.7 Å². The van der Waals surface area contributed by atoms with Gasteiger partial charge in [-0.15, -0.1) is 0 Å². The van der Waals surface area contributed by atoms with Crippen LogP contribution in [0.1, 0.15) is 24.8 Å². The summed E-state index contributed by atoms with van der Waals surface area (Å²) in [6.07, 6.45) is 7.88. The number of aromatic nitrogens is 4. The molecule has 1 aliphatic heterocycles. The zero-order valence-corrected chi connectivity index (χ0v) is 22.3. The molecule has 0 bridgehead atoms. The summed E-state index contributed by atoms with van der Waals surface area (Å²) in [4.78, 5) is 20.8. The van der Waals surface area contributed by atoms with Crippen molar-refractivity contribution in [1.29, 1.82) is 0 Å². The van der Waals surface area contributed by atoms with E-state index in [1.54, 1.807) is 18.7 Å². The van der Waals surface area contributed by atoms with Gasteiger partial charge >= 0.3 is 0 Å². The quantitative estimate of drug-likeness (QED) is 0.192. The van der Waals surface area contributed by atoms with Gasteiger partial charge in [0.15, 0.2) is 0 Å². The molecule has 200 valence electrons. The average molecular weight is 531 g/mol. The Kier molecular flexibility index (Phi) is 6.17. The van der Waals surface area contributed by atoms with Crippen molar-refractivity contribution in [2.45, 2.75) is 26.2 Å². The van der Waals surface area contributed by atoms with Gasteiger partial charge in [0.25, 0.3) is 0 Å². The molecule has 4 N–H and O–H groups in total. The third-order valence-corrected chi connectivity index (χ3v) is 7.81. The molecule has 0 saturated carbocycles. The van der Waals surface area contributed by atoms with Gasteiger partial charge in [-0.3, -0.25) is 9.89 Å². The van der Waals surface area contributed by atoms with Gasteiger partial charge < -0.3 is 20.0 Å². The van der Waals surface area contributed by atoms with Gasteiger partial charge in [-0.25, -0.2) is 4.98 Å². The number of carbonyl (C=O) groups excluding carboxylic acids is 1. The van der Waals surface area contributed by atoms with Crippen LogP contribution in [0.5, 0.6) is 0 Å². The highest BCUT2D eigenvalue weighted by atomic mass is 16.3. The number of hydrogen-bond acceptors (Lipinski definition) is 5. The van der Waals surface area contributed by atoms with Crippen LogP contribution >= 0.6 is 0 Å². The Labute approximate surface area is 231 Å². The second kappa shape index (κ2) is 10.1. The van der Waals surface area contributed by atoms with E-state index in [-0.39, 0.29) is 5.91 Å². The highest BCUT2D eigenvalue weighted by Gasteiger charge is 2.18. The second-order valence-electron chi connectivity index (χ2n) is 10.7. The lowest BCUT2D eigenvalue weighted by molar-refractivity contribution is -0.117. The Morgan fingerprint density at radius 3 is 2.75 bits per heavy atom. The molecular weight excluding hydrogens is 500 g/mol. The number of aromatic amines is 2. The van der Waals surface area contributed by atoms with E-state index in [4.69, 9.17) is 4.42 Å². The Morgan fingerprint density at radius 1 is 1.00 bits per heavy atom. The summed E-state index contributed by atoms with van der Waals surface area (Å²) in [7, 11) is 0. The van der Waals surface area contributed by atoms with Gasteiger partial charge in [0.2, 0.25) is 5.91 Å². The largest absolute Gasteiger partial charge is 0.472 e. The van der Waals surface area contributed by atoms with Crippen molar-refractivity contribution in [1.82, 2.24) is 25.5 Å². The number of pyridine rings is 1. The summed E-state index contributed by atoms with van der Waals surface area (Å²) in [5.74, 6) is 0.529. The number of rotatable bonds is 6. The van der Waals surface area contributed by atoms with Crippen molar-refractivity contribution in [2.75, 3.05) is 18.4 Å². The van der Waals surface area contributed by atoms with Gasteiger partial charge in [-0.1, -0.05) is 12.1 Å². The Balaban J connectivity index is 1.21. The summed E-state index contributed by atoms with van der Waals surface area (Å²) in [5, 5.41) is 16.4. The van der Waals surface area contributed by atoms with Crippen LogP contribution in [0, 0.1) is 12.8 Å². The third kappa shape index (κ3) is 4.67. The highest BCUT2D eigenvalue weighted by molar-refractivity contribution is 6.01. The lowest BCUT2D eigenvalue weighted by atomic mass is 9.94. The van der Waals surface area contributed by atoms with Crippen molar-refractivity contribution in [3.63, 3.8) is 0 Å². The highest BCUT2D eigenvalue weighted by Crippen LogP contribution is 2.35. The summed E-state index contributed by atoms with van der Waals surface area (Å²) < 4.78 is 5.31. The average Bonchev–Trinajstić information content (AvgIpc) is 3.72. The molecule has 7 rings (SSSR count). The summed E-state index contributed by atoms with van der Waals surface area (Å²) in [6, 6.07) is 18.6. The molecule has 1 fully saturated rings. The topological polar surface area (TPSA) is 112 Å². The molecule has 0 radical (unpaired) electrons. The molecule has 0 atom stereocenters. The normalized spacial score (nSPS) is 14.2. The van der Waals surface area contributed by atoms with E-state index in [9.17, 15) is 4.79 Å². The van der Waals surface area contributed by atoms with E-state index in [2.05, 4.69) is 74.1 Å². The molecule has 2 aromatic carbocycles. The van der Waals surface area contributed by atoms with Crippen LogP contribution in [0.4, 0.5) is 5.69 Å². The summed E-state index contributed by atoms with van der Waals surface area (Å²) in [5.41, 5.74) is 9.54. The minimum Gasteiger partial charge on any atom is -0.472 e. The van der Waals surface area contributed by atoms with Crippen LogP contribution in [0.15, 0.2) is 77.7 Å². The van der Waals surface area contributed by atoms with Crippen LogP contribution in [-0.2, 0) is 4.79 Å². The molecule has 0 spiro atoms. The molecule has 6 aromatic rings. The fraction of sp³-hybridized carbons (Fsp3) is 0.219. The van der Waals surface area contributed by atoms with Crippen LogP contribution < -0.4 is 10.6 Å². The Hall–Kier alpha value is -4.69. The van der Waals surface area contributed by atoms with Crippen molar-refractivity contribution in [3.8, 4) is 33.6 Å². The second-order valence-corrected chi connectivity index (χ2v) is 10.7. The number of H-pyrrole nitrogens is 2. The molecule has 1 amide bonds. The maximum atomic E-state index is 12.8. The third-order valence-electron chi connectivity index (χ3n) is 7.81. The first-order valence-electron chi connectivity index (χ1n) is 13.7. The molecule has 8 nitrogen and oxygen atoms in total. The molecule has 4 aromatic heterocycles. The maximum absolute atomic E-state index is 12.8. The number of benzene rings is 2. The smallest absolute Gasteiger partial charge is 0.224 e. The monoisotopic (exact) mass is 530 g/mol. The number of carbonyl (C=O) groups is 1.